The highest BCUT2D eigenvalue weighted by molar-refractivity contribution is 6.05. The molecule has 4 atom stereocenters. The normalized spacial score (nSPS) is 24.3. The lowest BCUT2D eigenvalue weighted by molar-refractivity contribution is -0.146. The summed E-state index contributed by atoms with van der Waals surface area (Å²) in [5, 5.41) is 15.3. The minimum atomic E-state index is -0.919. The van der Waals surface area contributed by atoms with Crippen LogP contribution >= 0.6 is 0 Å². The second-order valence-corrected chi connectivity index (χ2v) is 7.68. The Morgan fingerprint density at radius 1 is 0.931 bits per heavy atom. The first kappa shape index (κ1) is 18.9. The highest BCUT2D eigenvalue weighted by Gasteiger charge is 2.51. The molecule has 29 heavy (non-hydrogen) atoms. The van der Waals surface area contributed by atoms with Crippen LogP contribution in [0.4, 0.5) is 11.4 Å². The van der Waals surface area contributed by atoms with E-state index >= 15 is 0 Å². The van der Waals surface area contributed by atoms with E-state index in [0.717, 1.165) is 12.0 Å². The third-order valence-electron chi connectivity index (χ3n) is 5.83. The van der Waals surface area contributed by atoms with E-state index in [1.54, 1.807) is 42.5 Å². The number of allylic oxidation sites excluding steroid dienone is 2. The second-order valence-electron chi connectivity index (χ2n) is 7.68. The number of carboxylic acid groups (broad SMARTS) is 1. The molecule has 6 heteroatoms. The number of aryl methyl sites for hydroxylation is 1. The highest BCUT2D eigenvalue weighted by atomic mass is 16.4. The highest BCUT2D eigenvalue weighted by Crippen LogP contribution is 2.48. The van der Waals surface area contributed by atoms with Gasteiger partial charge in [-0.1, -0.05) is 30.4 Å². The van der Waals surface area contributed by atoms with Crippen molar-refractivity contribution in [3.63, 3.8) is 0 Å². The number of fused-ring (bicyclic) bond motifs is 2. The minimum Gasteiger partial charge on any atom is -0.481 e. The maximum absolute atomic E-state index is 12.8. The van der Waals surface area contributed by atoms with Crippen LogP contribution in [0.15, 0.2) is 60.7 Å². The van der Waals surface area contributed by atoms with Gasteiger partial charge in [0.2, 0.25) is 5.91 Å². The number of aliphatic carboxylic acids is 1. The summed E-state index contributed by atoms with van der Waals surface area (Å²) >= 11 is 0. The lowest BCUT2D eigenvalue weighted by Gasteiger charge is -2.24. The molecule has 0 aliphatic heterocycles. The molecule has 2 aliphatic carbocycles. The smallest absolute Gasteiger partial charge is 0.307 e. The van der Waals surface area contributed by atoms with Crippen molar-refractivity contribution in [3.05, 3.63) is 71.8 Å². The van der Waals surface area contributed by atoms with E-state index < -0.39 is 17.8 Å². The lowest BCUT2D eigenvalue weighted by Crippen LogP contribution is -2.36. The maximum atomic E-state index is 12.8. The molecule has 4 rings (SSSR count). The minimum absolute atomic E-state index is 0.0216. The van der Waals surface area contributed by atoms with Crippen LogP contribution in [-0.2, 0) is 9.59 Å². The van der Waals surface area contributed by atoms with E-state index in [2.05, 4.69) is 10.6 Å². The van der Waals surface area contributed by atoms with Crippen molar-refractivity contribution in [2.75, 3.05) is 10.6 Å². The average molecular weight is 390 g/mol. The molecule has 1 fully saturated rings. The quantitative estimate of drug-likeness (QED) is 0.678. The molecule has 0 aromatic heterocycles. The fourth-order valence-electron chi connectivity index (χ4n) is 4.41. The van der Waals surface area contributed by atoms with E-state index in [-0.39, 0.29) is 23.7 Å². The Kier molecular flexibility index (Phi) is 4.92. The van der Waals surface area contributed by atoms with Gasteiger partial charge >= 0.3 is 5.97 Å². The molecule has 0 unspecified atom stereocenters. The number of amides is 2. The molecule has 2 amide bonds. The van der Waals surface area contributed by atoms with Crippen LogP contribution in [0, 0.1) is 30.6 Å². The zero-order valence-electron chi connectivity index (χ0n) is 16.0. The largest absolute Gasteiger partial charge is 0.481 e. The molecule has 0 radical (unpaired) electrons. The molecule has 2 aromatic rings. The van der Waals surface area contributed by atoms with Crippen molar-refractivity contribution >= 4 is 29.2 Å². The van der Waals surface area contributed by atoms with E-state index in [9.17, 15) is 19.5 Å². The molecule has 148 valence electrons. The van der Waals surface area contributed by atoms with Gasteiger partial charge in [0, 0.05) is 16.9 Å². The maximum Gasteiger partial charge on any atom is 0.307 e. The van der Waals surface area contributed by atoms with Gasteiger partial charge in [0.25, 0.3) is 5.91 Å². The van der Waals surface area contributed by atoms with Crippen LogP contribution in [0.2, 0.25) is 0 Å². The van der Waals surface area contributed by atoms with Gasteiger partial charge in [0.1, 0.15) is 0 Å². The molecule has 1 saturated carbocycles. The Labute approximate surface area is 168 Å². The number of carbonyl (C=O) groups is 3. The van der Waals surface area contributed by atoms with Gasteiger partial charge < -0.3 is 15.7 Å². The number of nitrogens with one attached hydrogen (secondary N) is 2. The van der Waals surface area contributed by atoms with E-state index in [1.165, 1.54) is 0 Å². The van der Waals surface area contributed by atoms with Crippen molar-refractivity contribution in [1.82, 2.24) is 0 Å². The van der Waals surface area contributed by atoms with Crippen molar-refractivity contribution in [2.45, 2.75) is 13.3 Å². The SMILES string of the molecule is Cc1cc(NC(=O)[C@H]2[C@@H](C(=O)O)[C@@H]3C=C[C@H]2C3)ccc1NC(=O)c1ccccc1. The average Bonchev–Trinajstić information content (AvgIpc) is 3.32. The van der Waals surface area contributed by atoms with Gasteiger partial charge in [0.05, 0.1) is 11.8 Å². The summed E-state index contributed by atoms with van der Waals surface area (Å²) in [6, 6.07) is 14.2. The van der Waals surface area contributed by atoms with Gasteiger partial charge in [-0.15, -0.1) is 0 Å². The zero-order chi connectivity index (χ0) is 20.5. The molecule has 2 aliphatic rings. The Hall–Kier alpha value is -3.41. The van der Waals surface area contributed by atoms with Crippen LogP contribution in [0.25, 0.3) is 0 Å². The number of rotatable bonds is 5. The van der Waals surface area contributed by atoms with E-state index in [1.807, 2.05) is 25.1 Å². The van der Waals surface area contributed by atoms with Crippen molar-refractivity contribution in [1.29, 1.82) is 0 Å². The first-order chi connectivity index (χ1) is 13.9. The predicted octanol–water partition coefficient (Wildman–Crippen LogP) is 3.71. The molecular weight excluding hydrogens is 368 g/mol. The zero-order valence-corrected chi connectivity index (χ0v) is 16.0. The topological polar surface area (TPSA) is 95.5 Å². The summed E-state index contributed by atoms with van der Waals surface area (Å²) in [5.74, 6) is -2.71. The molecule has 2 bridgehead atoms. The predicted molar refractivity (Wildman–Crippen MR) is 110 cm³/mol. The molecule has 0 saturated heterocycles. The van der Waals surface area contributed by atoms with Crippen molar-refractivity contribution in [3.8, 4) is 0 Å². The van der Waals surface area contributed by atoms with Gasteiger partial charge in [-0.25, -0.2) is 0 Å². The molecule has 2 aromatic carbocycles. The monoisotopic (exact) mass is 390 g/mol. The lowest BCUT2D eigenvalue weighted by atomic mass is 9.82. The van der Waals surface area contributed by atoms with E-state index in [4.69, 9.17) is 0 Å². The molecule has 0 spiro atoms. The van der Waals surface area contributed by atoms with Crippen LogP contribution < -0.4 is 10.6 Å². The van der Waals surface area contributed by atoms with Crippen LogP contribution in [0.1, 0.15) is 22.3 Å². The Balaban J connectivity index is 1.46. The molecule has 0 heterocycles. The molecule has 3 N–H and O–H groups in total. The van der Waals surface area contributed by atoms with Gasteiger partial charge in [0.15, 0.2) is 0 Å². The molecule has 6 nitrogen and oxygen atoms in total. The second kappa shape index (κ2) is 7.54. The Morgan fingerprint density at radius 3 is 2.28 bits per heavy atom. The fraction of sp³-hybridized carbons (Fsp3) is 0.261. The van der Waals surface area contributed by atoms with Crippen LogP contribution in [0.5, 0.6) is 0 Å². The van der Waals surface area contributed by atoms with Crippen molar-refractivity contribution < 1.29 is 19.5 Å². The van der Waals surface area contributed by atoms with Crippen LogP contribution in [0.3, 0.4) is 0 Å². The third kappa shape index (κ3) is 3.66. The summed E-state index contributed by atoms with van der Waals surface area (Å²) in [6.45, 7) is 1.84. The summed E-state index contributed by atoms with van der Waals surface area (Å²) in [5.41, 5.74) is 2.60. The number of benzene rings is 2. The first-order valence-corrected chi connectivity index (χ1v) is 9.63. The first-order valence-electron chi connectivity index (χ1n) is 9.63. The number of hydrogen-bond donors (Lipinski definition) is 3. The summed E-state index contributed by atoms with van der Waals surface area (Å²) in [7, 11) is 0. The van der Waals surface area contributed by atoms with Gasteiger partial charge in [-0.05, 0) is 61.1 Å². The van der Waals surface area contributed by atoms with Gasteiger partial charge in [-0.3, -0.25) is 14.4 Å². The molecular formula is C23H22N2O4. The number of anilines is 2. The Morgan fingerprint density at radius 2 is 1.62 bits per heavy atom. The van der Waals surface area contributed by atoms with Gasteiger partial charge in [-0.2, -0.15) is 0 Å². The van der Waals surface area contributed by atoms with Crippen LogP contribution in [-0.4, -0.2) is 22.9 Å². The number of carbonyl (C=O) groups excluding carboxylic acids is 2. The summed E-state index contributed by atoms with van der Waals surface area (Å²) in [6.07, 6.45) is 4.60. The standard InChI is InChI=1S/C23H22N2O4/c1-13-11-17(9-10-18(13)25-21(26)14-5-3-2-4-6-14)24-22(27)19-15-7-8-16(12-15)20(19)23(28)29/h2-11,15-16,19-20H,12H2,1H3,(H,24,27)(H,25,26)(H,28,29)/t15-,16+,19+,20-/m0/s1. The fourth-order valence-corrected chi connectivity index (χ4v) is 4.41. The Bertz CT molecular complexity index is 999. The third-order valence-corrected chi connectivity index (χ3v) is 5.83. The number of carboxylic acids is 1. The summed E-state index contributed by atoms with van der Waals surface area (Å²) < 4.78 is 0. The summed E-state index contributed by atoms with van der Waals surface area (Å²) in [4.78, 5) is 36.8. The number of hydrogen-bond acceptors (Lipinski definition) is 3. The van der Waals surface area contributed by atoms with E-state index in [0.29, 0.717) is 16.9 Å². The van der Waals surface area contributed by atoms with Crippen molar-refractivity contribution in [2.24, 2.45) is 23.7 Å².